The first-order chi connectivity index (χ1) is 8.20. The molecular formula is C13H13ClFNO. The largest absolute Gasteiger partial charge is 0.441 e. The molecule has 0 atom stereocenters. The minimum atomic E-state index is -0.242. The molecule has 1 heterocycles. The van der Waals surface area contributed by atoms with Crippen molar-refractivity contribution < 1.29 is 8.81 Å². The van der Waals surface area contributed by atoms with E-state index in [4.69, 9.17) is 16.0 Å². The Hall–Kier alpha value is -1.35. The number of aryl methyl sites for hydroxylation is 2. The molecule has 17 heavy (non-hydrogen) atoms. The number of aromatic nitrogens is 1. The van der Waals surface area contributed by atoms with Gasteiger partial charge in [0.15, 0.2) is 11.7 Å². The third-order valence-electron chi connectivity index (χ3n) is 2.53. The molecule has 0 bridgehead atoms. The highest BCUT2D eigenvalue weighted by Crippen LogP contribution is 2.25. The Morgan fingerprint density at radius 2 is 2.24 bits per heavy atom. The molecule has 4 heteroatoms. The monoisotopic (exact) mass is 253 g/mol. The first-order valence-corrected chi connectivity index (χ1v) is 6.01. The summed E-state index contributed by atoms with van der Waals surface area (Å²) >= 11 is 5.61. The number of nitrogens with zero attached hydrogens (tertiary/aromatic N) is 1. The van der Waals surface area contributed by atoms with E-state index in [1.54, 1.807) is 12.3 Å². The van der Waals surface area contributed by atoms with Gasteiger partial charge in [-0.05, 0) is 37.1 Å². The van der Waals surface area contributed by atoms with Gasteiger partial charge in [0.2, 0.25) is 0 Å². The topological polar surface area (TPSA) is 26.0 Å². The highest BCUT2D eigenvalue weighted by Gasteiger charge is 2.09. The summed E-state index contributed by atoms with van der Waals surface area (Å²) < 4.78 is 18.6. The number of hydrogen-bond donors (Lipinski definition) is 0. The van der Waals surface area contributed by atoms with Crippen LogP contribution in [0.5, 0.6) is 0 Å². The van der Waals surface area contributed by atoms with E-state index in [2.05, 4.69) is 4.98 Å². The first-order valence-electron chi connectivity index (χ1n) is 5.48. The fraction of sp³-hybridized carbons (Fsp3) is 0.308. The quantitative estimate of drug-likeness (QED) is 0.771. The molecule has 0 aliphatic carbocycles. The van der Waals surface area contributed by atoms with E-state index in [-0.39, 0.29) is 5.82 Å². The Kier molecular flexibility index (Phi) is 3.79. The van der Waals surface area contributed by atoms with Gasteiger partial charge < -0.3 is 4.42 Å². The average Bonchev–Trinajstić information content (AvgIpc) is 2.75. The zero-order chi connectivity index (χ0) is 12.3. The Morgan fingerprint density at radius 1 is 1.41 bits per heavy atom. The molecule has 0 aliphatic heterocycles. The summed E-state index contributed by atoms with van der Waals surface area (Å²) in [4.78, 5) is 4.17. The molecular weight excluding hydrogens is 241 g/mol. The van der Waals surface area contributed by atoms with Crippen molar-refractivity contribution in [3.63, 3.8) is 0 Å². The highest BCUT2D eigenvalue weighted by molar-refractivity contribution is 6.17. The molecule has 0 aliphatic rings. The minimum absolute atomic E-state index is 0.242. The third kappa shape index (κ3) is 2.86. The lowest BCUT2D eigenvalue weighted by molar-refractivity contribution is 0.503. The van der Waals surface area contributed by atoms with Crippen molar-refractivity contribution in [2.24, 2.45) is 0 Å². The van der Waals surface area contributed by atoms with Crippen LogP contribution < -0.4 is 0 Å². The number of alkyl halides is 1. The van der Waals surface area contributed by atoms with Gasteiger partial charge in [-0.2, -0.15) is 0 Å². The summed E-state index contributed by atoms with van der Waals surface area (Å²) in [7, 11) is 0. The maximum absolute atomic E-state index is 13.0. The predicted octanol–water partition coefficient (Wildman–Crippen LogP) is 3.96. The second kappa shape index (κ2) is 5.32. The summed E-state index contributed by atoms with van der Waals surface area (Å²) in [6.07, 6.45) is 3.23. The minimum Gasteiger partial charge on any atom is -0.441 e. The van der Waals surface area contributed by atoms with Gasteiger partial charge >= 0.3 is 0 Å². The van der Waals surface area contributed by atoms with Crippen molar-refractivity contribution in [2.45, 2.75) is 19.8 Å². The summed E-state index contributed by atoms with van der Waals surface area (Å²) in [6, 6.07) is 4.61. The van der Waals surface area contributed by atoms with E-state index in [1.165, 1.54) is 12.1 Å². The molecule has 0 saturated carbocycles. The van der Waals surface area contributed by atoms with E-state index in [9.17, 15) is 4.39 Å². The van der Waals surface area contributed by atoms with Crippen LogP contribution in [0.25, 0.3) is 11.3 Å². The first kappa shape index (κ1) is 12.1. The van der Waals surface area contributed by atoms with Crippen LogP contribution in [-0.2, 0) is 6.42 Å². The van der Waals surface area contributed by atoms with Crippen molar-refractivity contribution in [3.8, 4) is 11.3 Å². The van der Waals surface area contributed by atoms with Crippen molar-refractivity contribution in [3.05, 3.63) is 41.7 Å². The fourth-order valence-corrected chi connectivity index (χ4v) is 1.81. The van der Waals surface area contributed by atoms with Crippen LogP contribution in [0.1, 0.15) is 17.9 Å². The number of hydrogen-bond acceptors (Lipinski definition) is 2. The SMILES string of the molecule is Cc1cc(F)ccc1-c1cnc(CCCCl)o1. The molecule has 90 valence electrons. The van der Waals surface area contributed by atoms with Gasteiger partial charge in [0.25, 0.3) is 0 Å². The summed E-state index contributed by atoms with van der Waals surface area (Å²) in [6.45, 7) is 1.85. The molecule has 1 aromatic carbocycles. The van der Waals surface area contributed by atoms with Crippen LogP contribution in [0.15, 0.2) is 28.8 Å². The van der Waals surface area contributed by atoms with Crippen LogP contribution in [-0.4, -0.2) is 10.9 Å². The van der Waals surface area contributed by atoms with Crippen LogP contribution in [0.3, 0.4) is 0 Å². The lowest BCUT2D eigenvalue weighted by Crippen LogP contribution is -1.85. The van der Waals surface area contributed by atoms with Crippen LogP contribution >= 0.6 is 11.6 Å². The van der Waals surface area contributed by atoms with Crippen LogP contribution in [0.2, 0.25) is 0 Å². The summed E-state index contributed by atoms with van der Waals surface area (Å²) in [5.41, 5.74) is 1.71. The Labute approximate surface area is 104 Å². The lowest BCUT2D eigenvalue weighted by atomic mass is 10.1. The van der Waals surface area contributed by atoms with E-state index in [1.807, 2.05) is 6.92 Å². The van der Waals surface area contributed by atoms with Crippen molar-refractivity contribution >= 4 is 11.6 Å². The van der Waals surface area contributed by atoms with Gasteiger partial charge in [-0.3, -0.25) is 0 Å². The molecule has 0 saturated heterocycles. The zero-order valence-corrected chi connectivity index (χ0v) is 10.3. The van der Waals surface area contributed by atoms with Crippen molar-refractivity contribution in [1.82, 2.24) is 4.98 Å². The maximum Gasteiger partial charge on any atom is 0.194 e. The smallest absolute Gasteiger partial charge is 0.194 e. The number of oxazole rings is 1. The van der Waals surface area contributed by atoms with Gasteiger partial charge in [0.1, 0.15) is 5.82 Å². The van der Waals surface area contributed by atoms with E-state index in [0.717, 1.165) is 24.0 Å². The maximum atomic E-state index is 13.0. The molecule has 0 N–H and O–H groups in total. The normalized spacial score (nSPS) is 10.8. The van der Waals surface area contributed by atoms with Crippen molar-refractivity contribution in [1.29, 1.82) is 0 Å². The van der Waals surface area contributed by atoms with Gasteiger partial charge in [0, 0.05) is 17.9 Å². The second-order valence-electron chi connectivity index (χ2n) is 3.87. The van der Waals surface area contributed by atoms with Crippen molar-refractivity contribution in [2.75, 3.05) is 5.88 Å². The molecule has 0 unspecified atom stereocenters. The number of halogens is 2. The lowest BCUT2D eigenvalue weighted by Gasteiger charge is -2.01. The highest BCUT2D eigenvalue weighted by atomic mass is 35.5. The summed E-state index contributed by atoms with van der Waals surface area (Å²) in [5, 5.41) is 0. The van der Waals surface area contributed by atoms with E-state index >= 15 is 0 Å². The fourth-order valence-electron chi connectivity index (χ4n) is 1.67. The van der Waals surface area contributed by atoms with Gasteiger partial charge in [0.05, 0.1) is 6.20 Å². The Bertz CT molecular complexity index is 510. The Morgan fingerprint density at radius 3 is 2.94 bits per heavy atom. The van der Waals surface area contributed by atoms with E-state index < -0.39 is 0 Å². The van der Waals surface area contributed by atoms with Gasteiger partial charge in [-0.1, -0.05) is 0 Å². The van der Waals surface area contributed by atoms with Gasteiger partial charge in [-0.15, -0.1) is 11.6 Å². The summed E-state index contributed by atoms with van der Waals surface area (Å²) in [5.74, 6) is 1.69. The van der Waals surface area contributed by atoms with Crippen LogP contribution in [0, 0.1) is 12.7 Å². The van der Waals surface area contributed by atoms with Gasteiger partial charge in [-0.25, -0.2) is 9.37 Å². The molecule has 0 radical (unpaired) electrons. The molecule has 0 amide bonds. The third-order valence-corrected chi connectivity index (χ3v) is 2.80. The molecule has 0 fully saturated rings. The Balaban J connectivity index is 2.24. The zero-order valence-electron chi connectivity index (χ0n) is 9.54. The van der Waals surface area contributed by atoms with Crippen LogP contribution in [0.4, 0.5) is 4.39 Å². The molecule has 2 nitrogen and oxygen atoms in total. The molecule has 2 rings (SSSR count). The number of benzene rings is 1. The molecule has 2 aromatic rings. The second-order valence-corrected chi connectivity index (χ2v) is 4.25. The van der Waals surface area contributed by atoms with E-state index in [0.29, 0.717) is 17.5 Å². The number of rotatable bonds is 4. The molecule has 1 aromatic heterocycles. The predicted molar refractivity (Wildman–Crippen MR) is 65.7 cm³/mol. The molecule has 0 spiro atoms. The average molecular weight is 254 g/mol. The standard InChI is InChI=1S/C13H13ClFNO/c1-9-7-10(15)4-5-11(9)12-8-16-13(17-12)3-2-6-14/h4-5,7-8H,2-3,6H2,1H3.